The maximum absolute atomic E-state index is 13.5. The van der Waals surface area contributed by atoms with Crippen LogP contribution in [0.4, 0.5) is 23.7 Å². The molecule has 1 aromatic heterocycles. The number of nitrogens with one attached hydrogen (secondary N) is 1. The molecule has 3 amide bonds. The minimum absolute atomic E-state index is 0.0190. The van der Waals surface area contributed by atoms with Gasteiger partial charge in [-0.05, 0) is 49.9 Å². The molecule has 182 valence electrons. The number of nitrogens with zero attached hydrogens (tertiary/aromatic N) is 3. The summed E-state index contributed by atoms with van der Waals surface area (Å²) in [4.78, 5) is 32.2. The Morgan fingerprint density at radius 3 is 2.59 bits per heavy atom. The smallest absolute Gasteiger partial charge is 0.324 e. The summed E-state index contributed by atoms with van der Waals surface area (Å²) in [6.45, 7) is 0.773. The zero-order chi connectivity index (χ0) is 24.2. The molecule has 11 heteroatoms. The molecule has 2 aromatic rings. The van der Waals surface area contributed by atoms with E-state index in [0.29, 0.717) is 31.6 Å². The Hall–Kier alpha value is -3.01. The third-order valence-electron chi connectivity index (χ3n) is 6.11. The van der Waals surface area contributed by atoms with E-state index in [1.807, 2.05) is 0 Å². The number of hydrogen-bond donors (Lipinski definition) is 1. The van der Waals surface area contributed by atoms with Crippen molar-refractivity contribution in [3.05, 3.63) is 53.1 Å². The second kappa shape index (κ2) is 10.5. The maximum Gasteiger partial charge on any atom is 0.324 e. The summed E-state index contributed by atoms with van der Waals surface area (Å²) in [5.74, 6) is -0.701. The molecule has 2 aliphatic rings. The molecule has 1 saturated heterocycles. The normalized spacial score (nSPS) is 20.7. The fourth-order valence-corrected chi connectivity index (χ4v) is 4.45. The molecule has 34 heavy (non-hydrogen) atoms. The second-order valence-electron chi connectivity index (χ2n) is 8.31. The van der Waals surface area contributed by atoms with Crippen LogP contribution < -0.4 is 15.0 Å². The lowest BCUT2D eigenvalue weighted by atomic mass is 9.90. The molecule has 4 rings (SSSR count). The number of ether oxygens (including phenoxy) is 1. The van der Waals surface area contributed by atoms with Crippen LogP contribution in [0.25, 0.3) is 0 Å². The fourth-order valence-electron chi connectivity index (χ4n) is 4.34. The number of carbonyl (C=O) groups is 2. The molecule has 1 aliphatic heterocycles. The standard InChI is InChI=1S/C23H24ClF3N4O3/c24-18-7-6-17(11-19(18)25)34-13-21(32)29-14-1-3-15(4-2-14)30-9-10-31(23(30)33)16-5-8-20(22(26)27)28-12-16/h5-8,11-12,14-15,22H,1-4,9-10,13H2,(H,29,32)/t14-,15-. The van der Waals surface area contributed by atoms with Gasteiger partial charge in [0.25, 0.3) is 12.3 Å². The molecule has 1 aliphatic carbocycles. The minimum atomic E-state index is -2.65. The van der Waals surface area contributed by atoms with E-state index in [9.17, 15) is 22.8 Å². The van der Waals surface area contributed by atoms with E-state index >= 15 is 0 Å². The number of anilines is 1. The lowest BCUT2D eigenvalue weighted by molar-refractivity contribution is -0.124. The van der Waals surface area contributed by atoms with Gasteiger partial charge in [-0.25, -0.2) is 18.0 Å². The van der Waals surface area contributed by atoms with Gasteiger partial charge < -0.3 is 15.0 Å². The third-order valence-corrected chi connectivity index (χ3v) is 6.42. The highest BCUT2D eigenvalue weighted by molar-refractivity contribution is 6.30. The zero-order valence-electron chi connectivity index (χ0n) is 18.2. The lowest BCUT2D eigenvalue weighted by Crippen LogP contribution is -2.46. The number of aromatic nitrogens is 1. The van der Waals surface area contributed by atoms with Gasteiger partial charge in [-0.3, -0.25) is 14.7 Å². The average molecular weight is 497 g/mol. The Morgan fingerprint density at radius 1 is 1.18 bits per heavy atom. The first kappa shape index (κ1) is 24.1. The van der Waals surface area contributed by atoms with E-state index in [-0.39, 0.29) is 47.1 Å². The molecule has 7 nitrogen and oxygen atoms in total. The number of hydrogen-bond acceptors (Lipinski definition) is 4. The highest BCUT2D eigenvalue weighted by Crippen LogP contribution is 2.29. The minimum Gasteiger partial charge on any atom is -0.484 e. The van der Waals surface area contributed by atoms with Crippen LogP contribution in [0.2, 0.25) is 5.02 Å². The van der Waals surface area contributed by atoms with Gasteiger partial charge in [0.05, 0.1) is 16.9 Å². The molecule has 1 N–H and O–H groups in total. The summed E-state index contributed by atoms with van der Waals surface area (Å²) in [7, 11) is 0. The SMILES string of the molecule is O=C(COc1ccc(Cl)c(F)c1)N[C@H]1CC[C@H](N2CCN(c3ccc(C(F)F)nc3)C2=O)CC1. The molecule has 2 heterocycles. The van der Waals surface area contributed by atoms with Gasteiger partial charge in [0.1, 0.15) is 17.3 Å². The van der Waals surface area contributed by atoms with Gasteiger partial charge in [0.15, 0.2) is 6.61 Å². The molecule has 0 unspecified atom stereocenters. The van der Waals surface area contributed by atoms with Gasteiger partial charge in [-0.1, -0.05) is 11.6 Å². The van der Waals surface area contributed by atoms with Crippen LogP contribution in [0, 0.1) is 5.82 Å². The Morgan fingerprint density at radius 2 is 1.94 bits per heavy atom. The molecule has 0 radical (unpaired) electrons. The van der Waals surface area contributed by atoms with Crippen LogP contribution in [-0.2, 0) is 4.79 Å². The molecule has 1 saturated carbocycles. The Bertz CT molecular complexity index is 1030. The second-order valence-corrected chi connectivity index (χ2v) is 8.71. The largest absolute Gasteiger partial charge is 0.484 e. The van der Waals surface area contributed by atoms with Crippen LogP contribution in [0.3, 0.4) is 0 Å². The van der Waals surface area contributed by atoms with E-state index < -0.39 is 12.2 Å². The Labute approximate surface area is 199 Å². The summed E-state index contributed by atoms with van der Waals surface area (Å²) in [6, 6.07) is 6.55. The Kier molecular flexibility index (Phi) is 7.45. The average Bonchev–Trinajstić information content (AvgIpc) is 3.21. The number of amides is 3. The van der Waals surface area contributed by atoms with E-state index in [4.69, 9.17) is 16.3 Å². The van der Waals surface area contributed by atoms with Crippen LogP contribution in [0.15, 0.2) is 36.5 Å². The van der Waals surface area contributed by atoms with Crippen molar-refractivity contribution in [2.45, 2.75) is 44.2 Å². The van der Waals surface area contributed by atoms with Crippen molar-refractivity contribution < 1.29 is 27.5 Å². The van der Waals surface area contributed by atoms with Crippen molar-refractivity contribution in [1.29, 1.82) is 0 Å². The number of alkyl halides is 2. The number of halogens is 4. The molecule has 2 fully saturated rings. The predicted octanol–water partition coefficient (Wildman–Crippen LogP) is 4.56. The van der Waals surface area contributed by atoms with E-state index in [1.165, 1.54) is 30.5 Å². The highest BCUT2D eigenvalue weighted by atomic mass is 35.5. The number of urea groups is 1. The molecular weight excluding hydrogens is 473 g/mol. The fraction of sp³-hybridized carbons (Fsp3) is 0.435. The summed E-state index contributed by atoms with van der Waals surface area (Å²) >= 11 is 5.63. The zero-order valence-corrected chi connectivity index (χ0v) is 19.0. The van der Waals surface area contributed by atoms with Crippen molar-refractivity contribution in [2.75, 3.05) is 24.6 Å². The third kappa shape index (κ3) is 5.55. The van der Waals surface area contributed by atoms with Crippen LogP contribution >= 0.6 is 11.6 Å². The summed E-state index contributed by atoms with van der Waals surface area (Å²) < 4.78 is 44.2. The summed E-state index contributed by atoms with van der Waals surface area (Å²) in [5, 5.41) is 2.90. The van der Waals surface area contributed by atoms with Crippen molar-refractivity contribution in [3.63, 3.8) is 0 Å². The van der Waals surface area contributed by atoms with Gasteiger partial charge in [0.2, 0.25) is 0 Å². The number of rotatable bonds is 7. The first-order chi connectivity index (χ1) is 16.3. The van der Waals surface area contributed by atoms with E-state index in [2.05, 4.69) is 10.3 Å². The van der Waals surface area contributed by atoms with Gasteiger partial charge in [-0.15, -0.1) is 0 Å². The summed E-state index contributed by atoms with van der Waals surface area (Å²) in [5.41, 5.74) is 0.178. The van der Waals surface area contributed by atoms with Gasteiger partial charge >= 0.3 is 6.03 Å². The molecule has 0 bridgehead atoms. The highest BCUT2D eigenvalue weighted by Gasteiger charge is 2.36. The topological polar surface area (TPSA) is 74.8 Å². The quantitative estimate of drug-likeness (QED) is 0.610. The summed E-state index contributed by atoms with van der Waals surface area (Å²) in [6.07, 6.45) is 1.53. The predicted molar refractivity (Wildman–Crippen MR) is 120 cm³/mol. The van der Waals surface area contributed by atoms with Crippen LogP contribution in [-0.4, -0.2) is 53.6 Å². The van der Waals surface area contributed by atoms with Gasteiger partial charge in [-0.2, -0.15) is 0 Å². The Balaban J connectivity index is 1.23. The number of carbonyl (C=O) groups excluding carboxylic acids is 2. The van der Waals surface area contributed by atoms with Crippen molar-refractivity contribution in [3.8, 4) is 5.75 Å². The number of pyridine rings is 1. The molecule has 0 spiro atoms. The maximum atomic E-state index is 13.5. The van der Waals surface area contributed by atoms with Crippen LogP contribution in [0.1, 0.15) is 37.8 Å². The van der Waals surface area contributed by atoms with Crippen molar-refractivity contribution in [2.24, 2.45) is 0 Å². The molecule has 0 atom stereocenters. The first-order valence-corrected chi connectivity index (χ1v) is 11.4. The van der Waals surface area contributed by atoms with Crippen molar-refractivity contribution in [1.82, 2.24) is 15.2 Å². The first-order valence-electron chi connectivity index (χ1n) is 11.0. The lowest BCUT2D eigenvalue weighted by Gasteiger charge is -2.34. The van der Waals surface area contributed by atoms with Crippen molar-refractivity contribution >= 4 is 29.2 Å². The molecule has 1 aromatic carbocycles. The van der Waals surface area contributed by atoms with Crippen LogP contribution in [0.5, 0.6) is 5.75 Å². The van der Waals surface area contributed by atoms with E-state index in [0.717, 1.165) is 18.9 Å². The van der Waals surface area contributed by atoms with E-state index in [1.54, 1.807) is 9.80 Å². The van der Waals surface area contributed by atoms with Gasteiger partial charge in [0, 0.05) is 31.2 Å². The molecular formula is C23H24ClF3N4O3. The number of benzene rings is 1. The monoisotopic (exact) mass is 496 g/mol.